The molecule has 1 aliphatic rings. The Balaban J connectivity index is 1.99. The van der Waals surface area contributed by atoms with Crippen molar-refractivity contribution >= 4 is 11.8 Å². The summed E-state index contributed by atoms with van der Waals surface area (Å²) in [7, 11) is 0. The van der Waals surface area contributed by atoms with E-state index in [1.54, 1.807) is 4.90 Å². The summed E-state index contributed by atoms with van der Waals surface area (Å²) < 4.78 is 0. The lowest BCUT2D eigenvalue weighted by molar-refractivity contribution is -0.147. The lowest BCUT2D eigenvalue weighted by atomic mass is 9.99. The molecule has 1 aliphatic heterocycles. The molecule has 0 spiro atoms. The molecule has 5 nitrogen and oxygen atoms in total. The zero-order chi connectivity index (χ0) is 16.7. The second-order valence-corrected chi connectivity index (χ2v) is 6.17. The van der Waals surface area contributed by atoms with Crippen molar-refractivity contribution in [3.63, 3.8) is 0 Å². The summed E-state index contributed by atoms with van der Waals surface area (Å²) in [5.74, 6) is -0.952. The standard InChI is InChI=1S/C18H26N2O3/c1-2-7-16(15-9-4-3-5-10-15)19-17(22)18(23)20-11-6-8-14(12-20)13-21/h3-5,9-10,14,16,21H,2,6-8,11-13H2,1H3,(H,19,22)/t14-,16+/m0/s1. The molecule has 0 radical (unpaired) electrons. The fourth-order valence-electron chi connectivity index (χ4n) is 3.06. The molecule has 1 saturated heterocycles. The average Bonchev–Trinajstić information content (AvgIpc) is 2.61. The highest BCUT2D eigenvalue weighted by Gasteiger charge is 2.28. The number of likely N-dealkylation sites (tertiary alicyclic amines) is 1. The van der Waals surface area contributed by atoms with Gasteiger partial charge in [-0.1, -0.05) is 43.7 Å². The zero-order valence-electron chi connectivity index (χ0n) is 13.7. The third-order valence-corrected chi connectivity index (χ3v) is 4.34. The van der Waals surface area contributed by atoms with Gasteiger partial charge in [0.2, 0.25) is 0 Å². The first-order valence-corrected chi connectivity index (χ1v) is 8.41. The van der Waals surface area contributed by atoms with Crippen LogP contribution in [-0.2, 0) is 9.59 Å². The van der Waals surface area contributed by atoms with Gasteiger partial charge in [-0.05, 0) is 30.7 Å². The highest BCUT2D eigenvalue weighted by atomic mass is 16.3. The van der Waals surface area contributed by atoms with Crippen molar-refractivity contribution in [2.24, 2.45) is 5.92 Å². The molecule has 2 rings (SSSR count). The van der Waals surface area contributed by atoms with Crippen molar-refractivity contribution in [2.45, 2.75) is 38.6 Å². The fraction of sp³-hybridized carbons (Fsp3) is 0.556. The minimum Gasteiger partial charge on any atom is -0.396 e. The van der Waals surface area contributed by atoms with Crippen LogP contribution < -0.4 is 5.32 Å². The van der Waals surface area contributed by atoms with Gasteiger partial charge in [0.1, 0.15) is 0 Å². The average molecular weight is 318 g/mol. The van der Waals surface area contributed by atoms with E-state index < -0.39 is 11.8 Å². The maximum atomic E-state index is 12.4. The Hall–Kier alpha value is -1.88. The van der Waals surface area contributed by atoms with Crippen LogP contribution in [0.1, 0.15) is 44.2 Å². The molecule has 2 N–H and O–H groups in total. The van der Waals surface area contributed by atoms with Crippen LogP contribution in [0.2, 0.25) is 0 Å². The number of amides is 2. The molecule has 0 unspecified atom stereocenters. The summed E-state index contributed by atoms with van der Waals surface area (Å²) in [5.41, 5.74) is 1.02. The van der Waals surface area contributed by atoms with Crippen LogP contribution in [0.15, 0.2) is 30.3 Å². The Kier molecular flexibility index (Phi) is 6.59. The van der Waals surface area contributed by atoms with E-state index in [1.165, 1.54) is 0 Å². The van der Waals surface area contributed by atoms with E-state index >= 15 is 0 Å². The van der Waals surface area contributed by atoms with Gasteiger partial charge in [0.15, 0.2) is 0 Å². The van der Waals surface area contributed by atoms with Gasteiger partial charge in [-0.3, -0.25) is 9.59 Å². The van der Waals surface area contributed by atoms with Crippen LogP contribution >= 0.6 is 0 Å². The maximum Gasteiger partial charge on any atom is 0.311 e. The van der Waals surface area contributed by atoms with E-state index in [0.29, 0.717) is 13.1 Å². The number of carbonyl (C=O) groups excluding carboxylic acids is 2. The van der Waals surface area contributed by atoms with Gasteiger partial charge in [0, 0.05) is 19.7 Å². The minimum atomic E-state index is -0.550. The lowest BCUT2D eigenvalue weighted by Crippen LogP contribution is -2.48. The number of carbonyl (C=O) groups is 2. The summed E-state index contributed by atoms with van der Waals surface area (Å²) >= 11 is 0. The molecule has 0 aliphatic carbocycles. The van der Waals surface area contributed by atoms with Crippen LogP contribution in [0.25, 0.3) is 0 Å². The molecular weight excluding hydrogens is 292 g/mol. The van der Waals surface area contributed by atoms with Crippen LogP contribution in [0.5, 0.6) is 0 Å². The van der Waals surface area contributed by atoms with Crippen LogP contribution in [0.3, 0.4) is 0 Å². The Bertz CT molecular complexity index is 518. The molecule has 2 atom stereocenters. The number of rotatable bonds is 5. The Morgan fingerprint density at radius 2 is 2.09 bits per heavy atom. The van der Waals surface area contributed by atoms with E-state index in [0.717, 1.165) is 31.2 Å². The number of nitrogens with zero attached hydrogens (tertiary/aromatic N) is 1. The highest BCUT2D eigenvalue weighted by Crippen LogP contribution is 2.19. The Labute approximate surface area is 137 Å². The van der Waals surface area contributed by atoms with E-state index in [4.69, 9.17) is 0 Å². The van der Waals surface area contributed by atoms with E-state index in [2.05, 4.69) is 12.2 Å². The van der Waals surface area contributed by atoms with Crippen molar-refractivity contribution in [3.05, 3.63) is 35.9 Å². The number of hydrogen-bond donors (Lipinski definition) is 2. The molecule has 1 aromatic carbocycles. The molecule has 23 heavy (non-hydrogen) atoms. The number of benzene rings is 1. The summed E-state index contributed by atoms with van der Waals surface area (Å²) in [4.78, 5) is 26.3. The SMILES string of the molecule is CCC[C@@H](NC(=O)C(=O)N1CCC[C@H](CO)C1)c1ccccc1. The second-order valence-electron chi connectivity index (χ2n) is 6.17. The van der Waals surface area contributed by atoms with Gasteiger partial charge in [0.05, 0.1) is 6.04 Å². The predicted molar refractivity (Wildman–Crippen MR) is 88.6 cm³/mol. The van der Waals surface area contributed by atoms with Crippen molar-refractivity contribution < 1.29 is 14.7 Å². The zero-order valence-corrected chi connectivity index (χ0v) is 13.7. The molecule has 0 bridgehead atoms. The third-order valence-electron chi connectivity index (χ3n) is 4.34. The highest BCUT2D eigenvalue weighted by molar-refractivity contribution is 6.35. The van der Waals surface area contributed by atoms with Crippen LogP contribution in [0, 0.1) is 5.92 Å². The first kappa shape index (κ1) is 17.5. The van der Waals surface area contributed by atoms with Crippen molar-refractivity contribution in [3.8, 4) is 0 Å². The van der Waals surface area contributed by atoms with Gasteiger partial charge in [-0.25, -0.2) is 0 Å². The molecule has 126 valence electrons. The second kappa shape index (κ2) is 8.67. The van der Waals surface area contributed by atoms with Crippen LogP contribution in [0.4, 0.5) is 0 Å². The van der Waals surface area contributed by atoms with Gasteiger partial charge < -0.3 is 15.3 Å². The first-order valence-electron chi connectivity index (χ1n) is 8.41. The quantitative estimate of drug-likeness (QED) is 0.814. The summed E-state index contributed by atoms with van der Waals surface area (Å²) in [6.07, 6.45) is 3.46. The summed E-state index contributed by atoms with van der Waals surface area (Å²) in [6.45, 7) is 3.17. The number of piperidine rings is 1. The minimum absolute atomic E-state index is 0.0634. The van der Waals surface area contributed by atoms with Crippen molar-refractivity contribution in [1.29, 1.82) is 0 Å². The van der Waals surface area contributed by atoms with E-state index in [9.17, 15) is 14.7 Å². The molecule has 1 heterocycles. The maximum absolute atomic E-state index is 12.4. The van der Waals surface area contributed by atoms with Crippen molar-refractivity contribution in [2.75, 3.05) is 19.7 Å². The molecule has 0 aromatic heterocycles. The van der Waals surface area contributed by atoms with E-state index in [-0.39, 0.29) is 18.6 Å². The van der Waals surface area contributed by atoms with Gasteiger partial charge in [-0.15, -0.1) is 0 Å². The molecule has 1 aromatic rings. The molecule has 5 heteroatoms. The van der Waals surface area contributed by atoms with Gasteiger partial charge in [0.25, 0.3) is 0 Å². The largest absolute Gasteiger partial charge is 0.396 e. The van der Waals surface area contributed by atoms with E-state index in [1.807, 2.05) is 30.3 Å². The van der Waals surface area contributed by atoms with Gasteiger partial charge in [-0.2, -0.15) is 0 Å². The number of aliphatic hydroxyl groups is 1. The number of nitrogens with one attached hydrogen (secondary N) is 1. The smallest absolute Gasteiger partial charge is 0.311 e. The number of aliphatic hydroxyl groups excluding tert-OH is 1. The predicted octanol–water partition coefficient (Wildman–Crippen LogP) is 1.87. The van der Waals surface area contributed by atoms with Crippen LogP contribution in [-0.4, -0.2) is 41.5 Å². The monoisotopic (exact) mass is 318 g/mol. The number of hydrogen-bond acceptors (Lipinski definition) is 3. The van der Waals surface area contributed by atoms with Crippen molar-refractivity contribution in [1.82, 2.24) is 10.2 Å². The Morgan fingerprint density at radius 1 is 1.35 bits per heavy atom. The Morgan fingerprint density at radius 3 is 2.74 bits per heavy atom. The fourth-order valence-corrected chi connectivity index (χ4v) is 3.06. The summed E-state index contributed by atoms with van der Waals surface area (Å²) in [6, 6.07) is 9.59. The molecule has 0 saturated carbocycles. The summed E-state index contributed by atoms with van der Waals surface area (Å²) in [5, 5.41) is 12.1. The molecule has 2 amide bonds. The molecular formula is C18H26N2O3. The third kappa shape index (κ3) is 4.79. The van der Waals surface area contributed by atoms with Gasteiger partial charge >= 0.3 is 11.8 Å². The topological polar surface area (TPSA) is 69.6 Å². The lowest BCUT2D eigenvalue weighted by Gasteiger charge is -2.31. The normalized spacial score (nSPS) is 19.2. The molecule has 1 fully saturated rings. The first-order chi connectivity index (χ1) is 11.2.